The Morgan fingerprint density at radius 2 is 2.10 bits per heavy atom. The Morgan fingerprint density at radius 3 is 2.65 bits per heavy atom. The minimum absolute atomic E-state index is 0.0957. The van der Waals surface area contributed by atoms with E-state index in [9.17, 15) is 4.79 Å². The molecular weight excluding hydrogens is 252 g/mol. The first-order chi connectivity index (χ1) is 9.51. The molecule has 0 amide bonds. The van der Waals surface area contributed by atoms with Crippen LogP contribution in [0, 0.1) is 0 Å². The zero-order chi connectivity index (χ0) is 15.1. The first-order valence-corrected chi connectivity index (χ1v) is 7.28. The van der Waals surface area contributed by atoms with Crippen LogP contribution in [0.25, 0.3) is 0 Å². The number of ether oxygens (including phenoxy) is 1. The third-order valence-corrected chi connectivity index (χ3v) is 3.50. The lowest BCUT2D eigenvalue weighted by Crippen LogP contribution is -2.36. The van der Waals surface area contributed by atoms with E-state index in [0.29, 0.717) is 23.6 Å². The summed E-state index contributed by atoms with van der Waals surface area (Å²) in [5, 5.41) is 0. The molecule has 0 aromatic heterocycles. The van der Waals surface area contributed by atoms with Crippen LogP contribution in [0.4, 0.5) is 5.69 Å². The fourth-order valence-electron chi connectivity index (χ4n) is 2.03. The molecule has 2 N–H and O–H groups in total. The predicted molar refractivity (Wildman–Crippen MR) is 83.4 cm³/mol. The number of likely N-dealkylation sites (N-methyl/N-ethyl adjacent to an activating group) is 1. The normalized spacial score (nSPS) is 12.4. The topological polar surface area (TPSA) is 55.6 Å². The first-order valence-electron chi connectivity index (χ1n) is 7.28. The van der Waals surface area contributed by atoms with Crippen LogP contribution in [0.2, 0.25) is 0 Å². The molecular formula is C16H26N2O2. The van der Waals surface area contributed by atoms with Gasteiger partial charge < -0.3 is 10.5 Å². The Labute approximate surface area is 121 Å². The Hall–Kier alpha value is -1.55. The van der Waals surface area contributed by atoms with E-state index in [1.807, 2.05) is 20.9 Å². The number of Topliss-reactive ketones (excluding diaryl/α,β-unsaturated/α-hetero) is 1. The summed E-state index contributed by atoms with van der Waals surface area (Å²) in [5.74, 6) is 0.731. The molecule has 1 aromatic rings. The highest BCUT2D eigenvalue weighted by Gasteiger charge is 2.20. The van der Waals surface area contributed by atoms with E-state index in [-0.39, 0.29) is 11.8 Å². The number of nitrogens with zero attached hydrogens (tertiary/aromatic N) is 1. The third-order valence-electron chi connectivity index (χ3n) is 3.50. The van der Waals surface area contributed by atoms with Gasteiger partial charge in [-0.1, -0.05) is 13.3 Å². The first kappa shape index (κ1) is 16.5. The molecule has 1 atom stereocenters. The summed E-state index contributed by atoms with van der Waals surface area (Å²) < 4.78 is 5.39. The van der Waals surface area contributed by atoms with Gasteiger partial charge in [0, 0.05) is 5.56 Å². The second kappa shape index (κ2) is 7.90. The van der Waals surface area contributed by atoms with Gasteiger partial charge in [-0.25, -0.2) is 0 Å². The zero-order valence-corrected chi connectivity index (χ0v) is 13.0. The molecule has 1 unspecified atom stereocenters. The van der Waals surface area contributed by atoms with Crippen LogP contribution >= 0.6 is 0 Å². The van der Waals surface area contributed by atoms with Crippen LogP contribution in [0.3, 0.4) is 0 Å². The fraction of sp³-hybridized carbons (Fsp3) is 0.562. The number of carbonyl (C=O) groups is 1. The maximum Gasteiger partial charge on any atom is 0.179 e. The smallest absolute Gasteiger partial charge is 0.179 e. The van der Waals surface area contributed by atoms with Crippen molar-refractivity contribution in [2.45, 2.75) is 39.7 Å². The van der Waals surface area contributed by atoms with Crippen molar-refractivity contribution in [3.05, 3.63) is 23.8 Å². The highest BCUT2D eigenvalue weighted by Crippen LogP contribution is 2.23. The fourth-order valence-corrected chi connectivity index (χ4v) is 2.03. The highest BCUT2D eigenvalue weighted by atomic mass is 16.5. The minimum atomic E-state index is -0.140. The Morgan fingerprint density at radius 1 is 1.40 bits per heavy atom. The Kier molecular flexibility index (Phi) is 6.52. The van der Waals surface area contributed by atoms with Gasteiger partial charge in [0.15, 0.2) is 5.78 Å². The molecule has 0 fully saturated rings. The van der Waals surface area contributed by atoms with E-state index < -0.39 is 0 Å². The van der Waals surface area contributed by atoms with Gasteiger partial charge in [-0.3, -0.25) is 9.69 Å². The lowest BCUT2D eigenvalue weighted by molar-refractivity contribution is 0.0867. The van der Waals surface area contributed by atoms with Crippen LogP contribution in [-0.4, -0.2) is 36.9 Å². The van der Waals surface area contributed by atoms with Crippen molar-refractivity contribution in [1.29, 1.82) is 0 Å². The van der Waals surface area contributed by atoms with Crippen LogP contribution in [0.15, 0.2) is 18.2 Å². The summed E-state index contributed by atoms with van der Waals surface area (Å²) in [4.78, 5) is 14.5. The number of nitrogens with two attached hydrogens (primary N) is 1. The van der Waals surface area contributed by atoms with Crippen molar-refractivity contribution in [1.82, 2.24) is 4.90 Å². The second-order valence-corrected chi connectivity index (χ2v) is 5.06. The number of benzene rings is 1. The summed E-state index contributed by atoms with van der Waals surface area (Å²) in [5.41, 5.74) is 7.07. The van der Waals surface area contributed by atoms with Gasteiger partial charge in [0.25, 0.3) is 0 Å². The molecule has 0 radical (unpaired) electrons. The third kappa shape index (κ3) is 4.23. The zero-order valence-electron chi connectivity index (χ0n) is 13.0. The number of carbonyl (C=O) groups excluding carboxylic acids is 1. The predicted octanol–water partition coefficient (Wildman–Crippen LogP) is 2.97. The maximum absolute atomic E-state index is 12.4. The molecule has 112 valence electrons. The molecule has 0 bridgehead atoms. The summed E-state index contributed by atoms with van der Waals surface area (Å²) >= 11 is 0. The van der Waals surface area contributed by atoms with Crippen LogP contribution in [-0.2, 0) is 0 Å². The molecule has 4 heteroatoms. The molecule has 0 spiro atoms. The van der Waals surface area contributed by atoms with Crippen molar-refractivity contribution in [3.8, 4) is 5.75 Å². The van der Waals surface area contributed by atoms with Gasteiger partial charge >= 0.3 is 0 Å². The van der Waals surface area contributed by atoms with E-state index in [0.717, 1.165) is 19.4 Å². The molecule has 0 aliphatic heterocycles. The molecule has 0 heterocycles. The SMILES string of the molecule is CCCCN(C)C(C)C(=O)c1ccc(OCC)c(N)c1. The van der Waals surface area contributed by atoms with E-state index >= 15 is 0 Å². The van der Waals surface area contributed by atoms with E-state index in [1.54, 1.807) is 18.2 Å². The molecule has 0 aliphatic rings. The average molecular weight is 278 g/mol. The molecule has 4 nitrogen and oxygen atoms in total. The van der Waals surface area contributed by atoms with E-state index in [2.05, 4.69) is 11.8 Å². The van der Waals surface area contributed by atoms with Crippen molar-refractivity contribution in [3.63, 3.8) is 0 Å². The van der Waals surface area contributed by atoms with Gasteiger partial charge in [-0.05, 0) is 52.1 Å². The number of ketones is 1. The van der Waals surface area contributed by atoms with Crippen LogP contribution < -0.4 is 10.5 Å². The number of unbranched alkanes of at least 4 members (excludes halogenated alkanes) is 1. The van der Waals surface area contributed by atoms with Gasteiger partial charge in [0.05, 0.1) is 18.3 Å². The molecule has 20 heavy (non-hydrogen) atoms. The van der Waals surface area contributed by atoms with E-state index in [4.69, 9.17) is 10.5 Å². The summed E-state index contributed by atoms with van der Waals surface area (Å²) in [6, 6.07) is 5.12. The summed E-state index contributed by atoms with van der Waals surface area (Å²) in [7, 11) is 1.98. The van der Waals surface area contributed by atoms with Gasteiger partial charge in [-0.2, -0.15) is 0 Å². The number of anilines is 1. The van der Waals surface area contributed by atoms with Crippen molar-refractivity contribution < 1.29 is 9.53 Å². The number of rotatable bonds is 8. The van der Waals surface area contributed by atoms with Crippen LogP contribution in [0.5, 0.6) is 5.75 Å². The Bertz CT molecular complexity index is 446. The molecule has 0 saturated carbocycles. The lowest BCUT2D eigenvalue weighted by atomic mass is 10.0. The minimum Gasteiger partial charge on any atom is -0.492 e. The number of hydrogen-bond acceptors (Lipinski definition) is 4. The van der Waals surface area contributed by atoms with Crippen molar-refractivity contribution in [2.24, 2.45) is 0 Å². The van der Waals surface area contributed by atoms with Gasteiger partial charge in [0.2, 0.25) is 0 Å². The summed E-state index contributed by atoms with van der Waals surface area (Å²) in [6.45, 7) is 7.48. The second-order valence-electron chi connectivity index (χ2n) is 5.06. The standard InChI is InChI=1S/C16H26N2O2/c1-5-7-10-18(4)12(3)16(19)13-8-9-15(20-6-2)14(17)11-13/h8-9,11-12H,5-7,10,17H2,1-4H3. The highest BCUT2D eigenvalue weighted by molar-refractivity contribution is 6.00. The van der Waals surface area contributed by atoms with Crippen molar-refractivity contribution >= 4 is 11.5 Å². The van der Waals surface area contributed by atoms with Crippen molar-refractivity contribution in [2.75, 3.05) is 25.9 Å². The Balaban J connectivity index is 2.78. The van der Waals surface area contributed by atoms with Crippen LogP contribution in [0.1, 0.15) is 44.0 Å². The monoisotopic (exact) mass is 278 g/mol. The molecule has 0 saturated heterocycles. The van der Waals surface area contributed by atoms with Gasteiger partial charge in [0.1, 0.15) is 5.75 Å². The number of nitrogen functional groups attached to an aromatic ring is 1. The van der Waals surface area contributed by atoms with E-state index in [1.165, 1.54) is 0 Å². The van der Waals surface area contributed by atoms with Gasteiger partial charge in [-0.15, -0.1) is 0 Å². The quantitative estimate of drug-likeness (QED) is 0.586. The molecule has 1 aromatic carbocycles. The largest absolute Gasteiger partial charge is 0.492 e. The average Bonchev–Trinajstić information content (AvgIpc) is 2.45. The number of hydrogen-bond donors (Lipinski definition) is 1. The molecule has 0 aliphatic carbocycles. The summed E-state index contributed by atoms with van der Waals surface area (Å²) in [6.07, 6.45) is 2.22. The molecule has 1 rings (SSSR count). The lowest BCUT2D eigenvalue weighted by Gasteiger charge is -2.23. The maximum atomic E-state index is 12.4.